The van der Waals surface area contributed by atoms with E-state index in [0.717, 1.165) is 83.8 Å². The summed E-state index contributed by atoms with van der Waals surface area (Å²) in [6.07, 6.45) is 19.5. The van der Waals surface area contributed by atoms with Gasteiger partial charge in [0.05, 0.1) is 24.4 Å². The lowest BCUT2D eigenvalue weighted by Gasteiger charge is -2.36. The van der Waals surface area contributed by atoms with Crippen LogP contribution in [0.4, 0.5) is 0 Å². The van der Waals surface area contributed by atoms with Gasteiger partial charge in [-0.3, -0.25) is 4.79 Å². The number of hydrogen-bond donors (Lipinski definition) is 1. The normalized spacial score (nSPS) is 34.4. The van der Waals surface area contributed by atoms with E-state index in [1.165, 1.54) is 12.8 Å². The first-order chi connectivity index (χ1) is 18.9. The average Bonchev–Trinajstić information content (AvgIpc) is 3.46. The van der Waals surface area contributed by atoms with Crippen molar-refractivity contribution in [3.63, 3.8) is 0 Å². The number of fused-ring (bicyclic) bond motifs is 1. The molecule has 1 aliphatic carbocycles. The number of rotatable bonds is 15. The zero-order chi connectivity index (χ0) is 27.7. The first-order valence-corrected chi connectivity index (χ1v) is 16.0. The Morgan fingerprint density at radius 3 is 2.44 bits per heavy atom. The van der Waals surface area contributed by atoms with Crippen LogP contribution < -0.4 is 0 Å². The van der Waals surface area contributed by atoms with Crippen LogP contribution in [0.5, 0.6) is 0 Å². The molecule has 4 rings (SSSR count). The molecular formula is C32H54O7. The molecule has 7 nitrogen and oxygen atoms in total. The molecule has 0 aromatic rings. The van der Waals surface area contributed by atoms with Gasteiger partial charge in [0.2, 0.25) is 0 Å². The highest BCUT2D eigenvalue weighted by molar-refractivity contribution is 5.66. The fraction of sp³-hybridized carbons (Fsp3) is 0.906. The van der Waals surface area contributed by atoms with E-state index in [4.69, 9.17) is 28.8 Å². The van der Waals surface area contributed by atoms with Crippen LogP contribution in [-0.2, 0) is 28.5 Å². The summed E-state index contributed by atoms with van der Waals surface area (Å²) in [6.45, 7) is 8.47. The Balaban J connectivity index is 1.45. The largest absolute Gasteiger partial charge is 0.481 e. The first-order valence-electron chi connectivity index (χ1n) is 16.0. The van der Waals surface area contributed by atoms with Crippen LogP contribution in [0.25, 0.3) is 0 Å². The van der Waals surface area contributed by atoms with Gasteiger partial charge in [0, 0.05) is 32.0 Å². The second kappa shape index (κ2) is 15.3. The summed E-state index contributed by atoms with van der Waals surface area (Å²) in [5.74, 6) is -0.0545. The summed E-state index contributed by atoms with van der Waals surface area (Å²) < 4.78 is 31.8. The van der Waals surface area contributed by atoms with Crippen LogP contribution in [0.3, 0.4) is 0 Å². The molecule has 0 aromatic heterocycles. The van der Waals surface area contributed by atoms with E-state index in [1.807, 2.05) is 0 Å². The molecule has 0 bridgehead atoms. The van der Waals surface area contributed by atoms with Crippen molar-refractivity contribution in [3.05, 3.63) is 12.2 Å². The second-order valence-corrected chi connectivity index (χ2v) is 12.9. The van der Waals surface area contributed by atoms with Gasteiger partial charge >= 0.3 is 5.97 Å². The van der Waals surface area contributed by atoms with Crippen molar-refractivity contribution < 1.29 is 33.6 Å². The molecule has 8 atom stereocenters. The van der Waals surface area contributed by atoms with Gasteiger partial charge in [-0.2, -0.15) is 0 Å². The number of carboxylic acid groups (broad SMARTS) is 1. The third kappa shape index (κ3) is 9.26. The summed E-state index contributed by atoms with van der Waals surface area (Å²) in [6, 6.07) is 0. The lowest BCUT2D eigenvalue weighted by Crippen LogP contribution is -2.37. The van der Waals surface area contributed by atoms with Gasteiger partial charge in [0.15, 0.2) is 12.6 Å². The molecular weight excluding hydrogens is 496 g/mol. The maximum atomic E-state index is 10.9. The Labute approximate surface area is 236 Å². The Morgan fingerprint density at radius 2 is 1.77 bits per heavy atom. The van der Waals surface area contributed by atoms with E-state index < -0.39 is 5.97 Å². The quantitative estimate of drug-likeness (QED) is 0.173. The summed E-state index contributed by atoms with van der Waals surface area (Å²) in [4.78, 5) is 10.9. The maximum Gasteiger partial charge on any atom is 0.303 e. The fourth-order valence-electron chi connectivity index (χ4n) is 6.89. The number of hydrogen-bond acceptors (Lipinski definition) is 6. The lowest BCUT2D eigenvalue weighted by molar-refractivity contribution is -0.198. The van der Waals surface area contributed by atoms with E-state index in [-0.39, 0.29) is 54.7 Å². The molecule has 0 aromatic carbocycles. The van der Waals surface area contributed by atoms with Crippen LogP contribution in [0.2, 0.25) is 0 Å². The fourth-order valence-corrected chi connectivity index (χ4v) is 6.89. The van der Waals surface area contributed by atoms with Gasteiger partial charge in [-0.1, -0.05) is 52.2 Å². The van der Waals surface area contributed by atoms with Crippen molar-refractivity contribution in [2.75, 3.05) is 13.2 Å². The topological polar surface area (TPSA) is 83.5 Å². The smallest absolute Gasteiger partial charge is 0.303 e. The molecule has 1 saturated carbocycles. The number of carboxylic acids is 1. The van der Waals surface area contributed by atoms with Gasteiger partial charge in [-0.15, -0.1) is 0 Å². The molecule has 3 saturated heterocycles. The minimum atomic E-state index is -0.716. The molecule has 4 fully saturated rings. The van der Waals surface area contributed by atoms with Crippen LogP contribution >= 0.6 is 0 Å². The minimum absolute atomic E-state index is 0.00695. The van der Waals surface area contributed by atoms with Gasteiger partial charge in [-0.05, 0) is 75.5 Å². The average molecular weight is 551 g/mol. The third-order valence-electron chi connectivity index (χ3n) is 9.29. The number of carbonyl (C=O) groups is 1. The van der Waals surface area contributed by atoms with Gasteiger partial charge in [0.1, 0.15) is 0 Å². The number of unbranched alkanes of at least 4 members (excludes halogenated alkanes) is 2. The zero-order valence-corrected chi connectivity index (χ0v) is 24.7. The Bertz CT molecular complexity index is 756. The van der Waals surface area contributed by atoms with Crippen LogP contribution in [0, 0.1) is 17.3 Å². The summed E-state index contributed by atoms with van der Waals surface area (Å²) in [5, 5.41) is 8.97. The van der Waals surface area contributed by atoms with Crippen LogP contribution in [0.1, 0.15) is 117 Å². The van der Waals surface area contributed by atoms with Crippen molar-refractivity contribution in [3.8, 4) is 0 Å². The van der Waals surface area contributed by atoms with Gasteiger partial charge < -0.3 is 28.8 Å². The van der Waals surface area contributed by atoms with Crippen molar-refractivity contribution >= 4 is 5.97 Å². The summed E-state index contributed by atoms with van der Waals surface area (Å²) in [5.41, 5.74) is 0.00695. The van der Waals surface area contributed by atoms with E-state index in [1.54, 1.807) is 0 Å². The summed E-state index contributed by atoms with van der Waals surface area (Å²) in [7, 11) is 0. The standard InChI is InChI=1S/C32H54O7/c1-4-5-18-32(2,3)28(39-31-15-9-11-20-36-31)17-16-24-25-21-23(12-6-7-13-29(33)34)37-27(25)22-26(24)38-30-14-8-10-19-35-30/h16-17,23-28,30-31H,4-15,18-22H2,1-3H3,(H,33,34)/b17-16+/t23?,24-,25-,26-,27-,28-,30?,31?/m1/s1. The molecule has 3 heterocycles. The van der Waals surface area contributed by atoms with E-state index in [0.29, 0.717) is 12.3 Å². The van der Waals surface area contributed by atoms with Crippen LogP contribution in [-0.4, -0.2) is 61.3 Å². The van der Waals surface area contributed by atoms with Crippen molar-refractivity contribution in [1.82, 2.24) is 0 Å². The monoisotopic (exact) mass is 550 g/mol. The molecule has 0 spiro atoms. The lowest BCUT2D eigenvalue weighted by atomic mass is 9.80. The highest BCUT2D eigenvalue weighted by Gasteiger charge is 2.49. The predicted octanol–water partition coefficient (Wildman–Crippen LogP) is 7.02. The zero-order valence-electron chi connectivity index (χ0n) is 24.7. The van der Waals surface area contributed by atoms with Gasteiger partial charge in [0.25, 0.3) is 0 Å². The van der Waals surface area contributed by atoms with Gasteiger partial charge in [-0.25, -0.2) is 0 Å². The molecule has 1 N–H and O–H groups in total. The highest BCUT2D eigenvalue weighted by atomic mass is 16.7. The minimum Gasteiger partial charge on any atom is -0.481 e. The third-order valence-corrected chi connectivity index (χ3v) is 9.29. The van der Waals surface area contributed by atoms with Crippen LogP contribution in [0.15, 0.2) is 12.2 Å². The molecule has 3 aliphatic heterocycles. The Morgan fingerprint density at radius 1 is 1.03 bits per heavy atom. The van der Waals surface area contributed by atoms with Crippen molar-refractivity contribution in [2.24, 2.45) is 17.3 Å². The molecule has 39 heavy (non-hydrogen) atoms. The molecule has 4 aliphatic rings. The Hall–Kier alpha value is -0.990. The number of aliphatic carboxylic acids is 1. The van der Waals surface area contributed by atoms with E-state index >= 15 is 0 Å². The van der Waals surface area contributed by atoms with E-state index in [2.05, 4.69) is 32.9 Å². The molecule has 3 unspecified atom stereocenters. The maximum absolute atomic E-state index is 10.9. The first kappa shape index (κ1) is 31.0. The number of ether oxygens (including phenoxy) is 5. The molecule has 0 radical (unpaired) electrons. The van der Waals surface area contributed by atoms with Crippen molar-refractivity contribution in [1.29, 1.82) is 0 Å². The highest BCUT2D eigenvalue weighted by Crippen LogP contribution is 2.47. The SMILES string of the molecule is CCCCC(C)(C)[C@@H](/C=C/[C@@H]1[C@H]2CC(CCCCC(=O)O)O[C@@H]2C[C@H]1OC1CCCCO1)OC1CCCCO1. The molecule has 0 amide bonds. The Kier molecular flexibility index (Phi) is 12.1. The van der Waals surface area contributed by atoms with Crippen molar-refractivity contribution in [2.45, 2.75) is 154 Å². The molecule has 224 valence electrons. The summed E-state index contributed by atoms with van der Waals surface area (Å²) >= 11 is 0. The van der Waals surface area contributed by atoms with E-state index in [9.17, 15) is 4.79 Å². The molecule has 7 heteroatoms. The predicted molar refractivity (Wildman–Crippen MR) is 150 cm³/mol. The second-order valence-electron chi connectivity index (χ2n) is 12.9.